The van der Waals surface area contributed by atoms with Crippen LogP contribution in [0.1, 0.15) is 29.5 Å². The van der Waals surface area contributed by atoms with Gasteiger partial charge in [0.15, 0.2) is 0 Å². The number of alkyl halides is 3. The lowest BCUT2D eigenvalue weighted by Gasteiger charge is -2.31. The highest BCUT2D eigenvalue weighted by molar-refractivity contribution is 7.98. The number of amides is 1. The number of benzene rings is 2. The Morgan fingerprint density at radius 2 is 1.76 bits per heavy atom. The highest BCUT2D eigenvalue weighted by Gasteiger charge is 2.33. The molecule has 1 amide bonds. The number of rotatable bonds is 10. The number of piperidine rings is 1. The van der Waals surface area contributed by atoms with Gasteiger partial charge in [-0.05, 0) is 30.0 Å². The van der Waals surface area contributed by atoms with Gasteiger partial charge in [0.25, 0.3) is 0 Å². The van der Waals surface area contributed by atoms with E-state index in [9.17, 15) is 18.0 Å². The van der Waals surface area contributed by atoms with Crippen LogP contribution < -0.4 is 15.5 Å². The van der Waals surface area contributed by atoms with Gasteiger partial charge in [-0.15, -0.1) is 0 Å². The van der Waals surface area contributed by atoms with Crippen molar-refractivity contribution in [1.29, 1.82) is 0 Å². The van der Waals surface area contributed by atoms with Gasteiger partial charge in [0.05, 0.1) is 5.56 Å². The third kappa shape index (κ3) is 7.82. The number of hydrogen-bond donors (Lipinski definition) is 2. The zero-order chi connectivity index (χ0) is 26.1. The highest BCUT2D eigenvalue weighted by Crippen LogP contribution is 2.32. The summed E-state index contributed by atoms with van der Waals surface area (Å²) in [5.74, 6) is 2.41. The number of halogens is 3. The van der Waals surface area contributed by atoms with Crippen molar-refractivity contribution in [3.63, 3.8) is 0 Å². The fourth-order valence-corrected chi connectivity index (χ4v) is 4.96. The number of nitrogens with zero attached hydrogens (tertiary/aromatic N) is 4. The number of aromatic nitrogens is 3. The minimum Gasteiger partial charge on any atom is -0.353 e. The van der Waals surface area contributed by atoms with Crippen molar-refractivity contribution in [3.05, 3.63) is 77.6 Å². The maximum atomic E-state index is 13.2. The Morgan fingerprint density at radius 1 is 1.03 bits per heavy atom. The van der Waals surface area contributed by atoms with Crippen molar-refractivity contribution >= 4 is 29.6 Å². The third-order valence-electron chi connectivity index (χ3n) is 6.12. The highest BCUT2D eigenvalue weighted by atomic mass is 32.2. The Kier molecular flexibility index (Phi) is 9.21. The van der Waals surface area contributed by atoms with Crippen molar-refractivity contribution in [3.8, 4) is 0 Å². The Hall–Kier alpha value is -3.34. The molecule has 0 atom stereocenters. The predicted octanol–water partition coefficient (Wildman–Crippen LogP) is 4.77. The second kappa shape index (κ2) is 12.8. The van der Waals surface area contributed by atoms with Gasteiger partial charge < -0.3 is 15.5 Å². The van der Waals surface area contributed by atoms with Gasteiger partial charge in [-0.25, -0.2) is 9.97 Å². The van der Waals surface area contributed by atoms with E-state index in [0.717, 1.165) is 24.1 Å². The molecule has 3 aromatic rings. The Labute approximate surface area is 218 Å². The largest absolute Gasteiger partial charge is 0.416 e. The van der Waals surface area contributed by atoms with E-state index in [1.165, 1.54) is 30.1 Å². The average Bonchev–Trinajstić information content (AvgIpc) is 2.92. The fraction of sp³-hybridized carbons (Fsp3) is 0.385. The molecule has 1 saturated heterocycles. The van der Waals surface area contributed by atoms with Crippen LogP contribution in [0, 0.1) is 5.92 Å². The lowest BCUT2D eigenvalue weighted by molar-refractivity contribution is -0.138. The summed E-state index contributed by atoms with van der Waals surface area (Å²) in [5, 5.41) is 5.91. The van der Waals surface area contributed by atoms with Crippen LogP contribution in [0.15, 0.2) is 60.9 Å². The molecule has 2 aromatic carbocycles. The summed E-state index contributed by atoms with van der Waals surface area (Å²) < 4.78 is 39.6. The second-order valence-corrected chi connectivity index (χ2v) is 9.81. The maximum Gasteiger partial charge on any atom is 0.416 e. The van der Waals surface area contributed by atoms with Gasteiger partial charge in [0, 0.05) is 43.6 Å². The number of thioether (sulfide) groups is 1. The molecule has 4 rings (SSSR count). The van der Waals surface area contributed by atoms with Crippen LogP contribution >= 0.6 is 11.8 Å². The summed E-state index contributed by atoms with van der Waals surface area (Å²) in [5.41, 5.74) is 0.627. The van der Waals surface area contributed by atoms with Crippen molar-refractivity contribution in [1.82, 2.24) is 20.3 Å². The van der Waals surface area contributed by atoms with Crippen LogP contribution in [-0.2, 0) is 23.3 Å². The Morgan fingerprint density at radius 3 is 2.51 bits per heavy atom. The Bertz CT molecular complexity index is 1160. The van der Waals surface area contributed by atoms with Crippen LogP contribution in [0.4, 0.5) is 25.1 Å². The van der Waals surface area contributed by atoms with Crippen molar-refractivity contribution in [2.75, 3.05) is 35.6 Å². The molecular formula is C26H29F3N6OS. The molecule has 2 heterocycles. The zero-order valence-electron chi connectivity index (χ0n) is 20.2. The van der Waals surface area contributed by atoms with Crippen LogP contribution in [-0.4, -0.2) is 46.2 Å². The molecule has 2 N–H and O–H groups in total. The number of carbonyl (C=O) groups excluding carboxylic acids is 1. The fourth-order valence-electron chi connectivity index (χ4n) is 4.14. The summed E-state index contributed by atoms with van der Waals surface area (Å²) >= 11 is 1.83. The first-order valence-corrected chi connectivity index (χ1v) is 13.3. The molecule has 0 spiro atoms. The first kappa shape index (κ1) is 26.7. The normalized spacial score (nSPS) is 14.4. The van der Waals surface area contributed by atoms with Crippen LogP contribution in [0.5, 0.6) is 0 Å². The van der Waals surface area contributed by atoms with E-state index in [0.29, 0.717) is 37.8 Å². The lowest BCUT2D eigenvalue weighted by Crippen LogP contribution is -2.41. The van der Waals surface area contributed by atoms with Gasteiger partial charge >= 0.3 is 6.18 Å². The molecule has 0 aliphatic carbocycles. The maximum absolute atomic E-state index is 13.2. The first-order chi connectivity index (χ1) is 17.9. The van der Waals surface area contributed by atoms with E-state index in [2.05, 4.69) is 37.7 Å². The third-order valence-corrected chi connectivity index (χ3v) is 7.15. The summed E-state index contributed by atoms with van der Waals surface area (Å²) in [6.45, 7) is 1.72. The van der Waals surface area contributed by atoms with E-state index in [1.807, 2.05) is 34.9 Å². The molecule has 196 valence electrons. The minimum atomic E-state index is -4.45. The summed E-state index contributed by atoms with van der Waals surface area (Å²) in [6.07, 6.45) is -1.85. The molecular weight excluding hydrogens is 501 g/mol. The molecule has 11 heteroatoms. The molecule has 0 unspecified atom stereocenters. The molecule has 0 bridgehead atoms. The second-order valence-electron chi connectivity index (χ2n) is 8.71. The van der Waals surface area contributed by atoms with E-state index < -0.39 is 11.7 Å². The minimum absolute atomic E-state index is 0.0597. The standard InChI is InChI=1S/C26H29F3N6OS/c27-26(28,29)22-9-5-4-8-21(22)16-31-23(36)20-10-13-35(14-11-20)25-33-18-32-24(34-25)30-12-15-37-17-19-6-2-1-3-7-19/h1-9,18,20H,10-17H2,(H,31,36)(H,30,32,33,34). The van der Waals surface area contributed by atoms with Gasteiger partial charge in [-0.3, -0.25) is 4.79 Å². The Balaban J connectivity index is 1.20. The van der Waals surface area contributed by atoms with Crippen molar-refractivity contribution in [2.24, 2.45) is 5.92 Å². The smallest absolute Gasteiger partial charge is 0.353 e. The molecule has 37 heavy (non-hydrogen) atoms. The van der Waals surface area contributed by atoms with Gasteiger partial charge in [-0.1, -0.05) is 48.5 Å². The topological polar surface area (TPSA) is 83.0 Å². The van der Waals surface area contributed by atoms with E-state index >= 15 is 0 Å². The predicted molar refractivity (Wildman–Crippen MR) is 139 cm³/mol. The van der Waals surface area contributed by atoms with E-state index in [4.69, 9.17) is 0 Å². The number of anilines is 2. The van der Waals surface area contributed by atoms with Gasteiger partial charge in [0.2, 0.25) is 17.8 Å². The molecule has 0 saturated carbocycles. The summed E-state index contributed by atoms with van der Waals surface area (Å²) in [6, 6.07) is 15.6. The van der Waals surface area contributed by atoms with Gasteiger partial charge in [-0.2, -0.15) is 29.9 Å². The lowest BCUT2D eigenvalue weighted by atomic mass is 9.96. The first-order valence-electron chi connectivity index (χ1n) is 12.1. The van der Waals surface area contributed by atoms with Crippen LogP contribution in [0.3, 0.4) is 0 Å². The molecule has 1 aliphatic heterocycles. The van der Waals surface area contributed by atoms with Crippen molar-refractivity contribution in [2.45, 2.75) is 31.3 Å². The van der Waals surface area contributed by atoms with Gasteiger partial charge in [0.1, 0.15) is 6.33 Å². The summed E-state index contributed by atoms with van der Waals surface area (Å²) in [7, 11) is 0. The molecule has 1 aromatic heterocycles. The molecule has 0 radical (unpaired) electrons. The molecule has 1 fully saturated rings. The van der Waals surface area contributed by atoms with Crippen molar-refractivity contribution < 1.29 is 18.0 Å². The molecule has 1 aliphatic rings. The number of hydrogen-bond acceptors (Lipinski definition) is 7. The average molecular weight is 531 g/mol. The van der Waals surface area contributed by atoms with E-state index in [1.54, 1.807) is 0 Å². The zero-order valence-corrected chi connectivity index (χ0v) is 21.1. The van der Waals surface area contributed by atoms with E-state index in [-0.39, 0.29) is 23.9 Å². The quantitative estimate of drug-likeness (QED) is 0.366. The summed E-state index contributed by atoms with van der Waals surface area (Å²) in [4.78, 5) is 27.6. The van der Waals surface area contributed by atoms with Crippen LogP contribution in [0.25, 0.3) is 0 Å². The molecule has 7 nitrogen and oxygen atoms in total. The monoisotopic (exact) mass is 530 g/mol. The number of nitrogens with one attached hydrogen (secondary N) is 2. The number of carbonyl (C=O) groups is 1. The van der Waals surface area contributed by atoms with Crippen LogP contribution in [0.2, 0.25) is 0 Å². The SMILES string of the molecule is O=C(NCc1ccccc1C(F)(F)F)C1CCN(c2ncnc(NCCSCc3ccccc3)n2)CC1.